The Morgan fingerprint density at radius 3 is 2.31 bits per heavy atom. The number of nitrogens with zero attached hydrogens (tertiary/aromatic N) is 2. The zero-order valence-electron chi connectivity index (χ0n) is 15.4. The van der Waals surface area contributed by atoms with E-state index in [0.29, 0.717) is 11.3 Å². The van der Waals surface area contributed by atoms with Crippen LogP contribution in [0.5, 0.6) is 0 Å². The van der Waals surface area contributed by atoms with Gasteiger partial charge in [0.1, 0.15) is 6.61 Å². The number of imide groups is 1. The van der Waals surface area contributed by atoms with Gasteiger partial charge in [-0.05, 0) is 25.5 Å². The normalized spacial score (nSPS) is 11.0. The van der Waals surface area contributed by atoms with Crippen molar-refractivity contribution < 1.29 is 19.2 Å². The fraction of sp³-hybridized carbons (Fsp3) is 0.250. The second-order valence-corrected chi connectivity index (χ2v) is 5.77. The number of rotatable bonds is 5. The molecule has 2 amide bonds. The van der Waals surface area contributed by atoms with Crippen molar-refractivity contribution in [1.29, 1.82) is 0 Å². The van der Waals surface area contributed by atoms with E-state index in [2.05, 4.69) is 5.16 Å². The second-order valence-electron chi connectivity index (χ2n) is 5.77. The average molecular weight is 354 g/mol. The molecular formula is C20H22N2O4. The lowest BCUT2D eigenvalue weighted by Crippen LogP contribution is -2.35. The topological polar surface area (TPSA) is 68.2 Å². The van der Waals surface area contributed by atoms with Gasteiger partial charge in [-0.1, -0.05) is 53.2 Å². The standard InChI is InChI=1S/C20H22N2O4/c1-14-9-11-17(12-10-14)15(2)21-26-13-18-7-5-6-8-19(18)22(16(3)23)20(24)25-4/h5-12H,13H2,1-4H3/b21-15+. The van der Waals surface area contributed by atoms with Crippen LogP contribution in [0.25, 0.3) is 0 Å². The van der Waals surface area contributed by atoms with E-state index >= 15 is 0 Å². The Morgan fingerprint density at radius 2 is 1.69 bits per heavy atom. The monoisotopic (exact) mass is 354 g/mol. The van der Waals surface area contributed by atoms with Crippen LogP contribution in [0.3, 0.4) is 0 Å². The van der Waals surface area contributed by atoms with E-state index in [1.807, 2.05) is 38.1 Å². The summed E-state index contributed by atoms with van der Waals surface area (Å²) in [5, 5.41) is 4.13. The van der Waals surface area contributed by atoms with Gasteiger partial charge in [-0.3, -0.25) is 4.79 Å². The first kappa shape index (κ1) is 19.2. The summed E-state index contributed by atoms with van der Waals surface area (Å²) in [7, 11) is 1.23. The quantitative estimate of drug-likeness (QED) is 0.600. The molecule has 0 N–H and O–H groups in total. The molecule has 0 aromatic heterocycles. The number of hydrogen-bond acceptors (Lipinski definition) is 5. The average Bonchev–Trinajstić information content (AvgIpc) is 2.63. The molecule has 136 valence electrons. The number of ether oxygens (including phenoxy) is 1. The van der Waals surface area contributed by atoms with Crippen LogP contribution in [-0.2, 0) is 21.0 Å². The fourth-order valence-corrected chi connectivity index (χ4v) is 2.38. The van der Waals surface area contributed by atoms with Gasteiger partial charge in [0.15, 0.2) is 0 Å². The highest BCUT2D eigenvalue weighted by molar-refractivity contribution is 6.11. The maximum absolute atomic E-state index is 11.9. The Bertz CT molecular complexity index is 813. The van der Waals surface area contributed by atoms with Gasteiger partial charge in [-0.15, -0.1) is 0 Å². The van der Waals surface area contributed by atoms with Gasteiger partial charge in [-0.2, -0.15) is 0 Å². The molecule has 6 nitrogen and oxygen atoms in total. The molecule has 0 spiro atoms. The van der Waals surface area contributed by atoms with Gasteiger partial charge < -0.3 is 9.57 Å². The van der Waals surface area contributed by atoms with Crippen molar-refractivity contribution >= 4 is 23.4 Å². The number of benzene rings is 2. The molecule has 2 aromatic rings. The minimum Gasteiger partial charge on any atom is -0.452 e. The van der Waals surface area contributed by atoms with Crippen molar-refractivity contribution in [3.8, 4) is 0 Å². The van der Waals surface area contributed by atoms with Gasteiger partial charge in [0, 0.05) is 12.5 Å². The largest absolute Gasteiger partial charge is 0.452 e. The van der Waals surface area contributed by atoms with Crippen LogP contribution in [-0.4, -0.2) is 24.8 Å². The van der Waals surface area contributed by atoms with Crippen LogP contribution in [0.15, 0.2) is 53.7 Å². The molecule has 0 aliphatic heterocycles. The predicted molar refractivity (Wildman–Crippen MR) is 100 cm³/mol. The van der Waals surface area contributed by atoms with E-state index in [1.165, 1.54) is 19.6 Å². The molecule has 0 atom stereocenters. The molecule has 0 saturated heterocycles. The Labute approximate surface area is 153 Å². The molecular weight excluding hydrogens is 332 g/mol. The van der Waals surface area contributed by atoms with Crippen molar-refractivity contribution in [3.05, 3.63) is 65.2 Å². The van der Waals surface area contributed by atoms with E-state index in [9.17, 15) is 9.59 Å². The van der Waals surface area contributed by atoms with E-state index in [0.717, 1.165) is 16.2 Å². The van der Waals surface area contributed by atoms with Crippen LogP contribution in [0.4, 0.5) is 10.5 Å². The molecule has 0 bridgehead atoms. The highest BCUT2D eigenvalue weighted by Crippen LogP contribution is 2.22. The van der Waals surface area contributed by atoms with Gasteiger partial charge >= 0.3 is 6.09 Å². The number of methoxy groups -OCH3 is 1. The summed E-state index contributed by atoms with van der Waals surface area (Å²) in [6.07, 6.45) is -0.746. The Kier molecular flexibility index (Phi) is 6.49. The summed E-state index contributed by atoms with van der Waals surface area (Å²) >= 11 is 0. The minimum atomic E-state index is -0.746. The highest BCUT2D eigenvalue weighted by Gasteiger charge is 2.23. The summed E-state index contributed by atoms with van der Waals surface area (Å²) in [5.41, 5.74) is 3.93. The number of para-hydroxylation sites is 1. The van der Waals surface area contributed by atoms with Crippen LogP contribution in [0, 0.1) is 6.92 Å². The van der Waals surface area contributed by atoms with Gasteiger partial charge in [0.2, 0.25) is 5.91 Å². The van der Waals surface area contributed by atoms with Crippen LogP contribution in [0.1, 0.15) is 30.5 Å². The molecule has 2 rings (SSSR count). The van der Waals surface area contributed by atoms with Crippen molar-refractivity contribution in [2.75, 3.05) is 12.0 Å². The lowest BCUT2D eigenvalue weighted by atomic mass is 10.1. The van der Waals surface area contributed by atoms with E-state index < -0.39 is 12.0 Å². The Balaban J connectivity index is 2.17. The molecule has 0 heterocycles. The molecule has 0 aliphatic carbocycles. The number of amides is 2. The first-order valence-corrected chi connectivity index (χ1v) is 8.14. The number of oxime groups is 1. The molecule has 0 radical (unpaired) electrons. The van der Waals surface area contributed by atoms with Crippen molar-refractivity contribution in [3.63, 3.8) is 0 Å². The molecule has 2 aromatic carbocycles. The van der Waals surface area contributed by atoms with Crippen LogP contribution < -0.4 is 4.90 Å². The fourth-order valence-electron chi connectivity index (χ4n) is 2.38. The number of anilines is 1. The zero-order chi connectivity index (χ0) is 19.1. The number of carbonyl (C=O) groups excluding carboxylic acids is 2. The second kappa shape index (κ2) is 8.80. The molecule has 0 fully saturated rings. The van der Waals surface area contributed by atoms with Gasteiger partial charge in [-0.25, -0.2) is 9.69 Å². The molecule has 0 aliphatic rings. The highest BCUT2D eigenvalue weighted by atomic mass is 16.6. The number of aryl methyl sites for hydroxylation is 1. The smallest absolute Gasteiger partial charge is 0.420 e. The predicted octanol–water partition coefficient (Wildman–Crippen LogP) is 4.06. The molecule has 0 saturated carbocycles. The van der Waals surface area contributed by atoms with Crippen molar-refractivity contribution in [1.82, 2.24) is 0 Å². The lowest BCUT2D eigenvalue weighted by Gasteiger charge is -2.20. The van der Waals surface area contributed by atoms with E-state index in [1.54, 1.807) is 24.3 Å². The molecule has 6 heteroatoms. The van der Waals surface area contributed by atoms with E-state index in [-0.39, 0.29) is 6.61 Å². The van der Waals surface area contributed by atoms with Crippen LogP contribution >= 0.6 is 0 Å². The van der Waals surface area contributed by atoms with E-state index in [4.69, 9.17) is 9.57 Å². The van der Waals surface area contributed by atoms with Crippen LogP contribution in [0.2, 0.25) is 0 Å². The maximum atomic E-state index is 11.9. The third-order valence-electron chi connectivity index (χ3n) is 3.80. The summed E-state index contributed by atoms with van der Waals surface area (Å²) in [6, 6.07) is 14.9. The summed E-state index contributed by atoms with van der Waals surface area (Å²) < 4.78 is 4.69. The minimum absolute atomic E-state index is 0.111. The maximum Gasteiger partial charge on any atom is 0.420 e. The molecule has 26 heavy (non-hydrogen) atoms. The number of hydrogen-bond donors (Lipinski definition) is 0. The number of carbonyl (C=O) groups is 2. The summed E-state index contributed by atoms with van der Waals surface area (Å²) in [6.45, 7) is 5.28. The Hall–Kier alpha value is -3.15. The zero-order valence-corrected chi connectivity index (χ0v) is 15.4. The van der Waals surface area contributed by atoms with Gasteiger partial charge in [0.25, 0.3) is 0 Å². The van der Waals surface area contributed by atoms with Crippen molar-refractivity contribution in [2.24, 2.45) is 5.16 Å². The van der Waals surface area contributed by atoms with Gasteiger partial charge in [0.05, 0.1) is 18.5 Å². The first-order valence-electron chi connectivity index (χ1n) is 8.14. The summed E-state index contributed by atoms with van der Waals surface area (Å²) in [4.78, 5) is 30.2. The first-order chi connectivity index (χ1) is 12.4. The third-order valence-corrected chi connectivity index (χ3v) is 3.80. The lowest BCUT2D eigenvalue weighted by molar-refractivity contribution is -0.116. The third kappa shape index (κ3) is 4.69. The van der Waals surface area contributed by atoms with Crippen molar-refractivity contribution in [2.45, 2.75) is 27.4 Å². The SMILES string of the molecule is COC(=O)N(C(C)=O)c1ccccc1CO/N=C(\C)c1ccc(C)cc1. The Morgan fingerprint density at radius 1 is 1.04 bits per heavy atom. The summed E-state index contributed by atoms with van der Waals surface area (Å²) in [5.74, 6) is -0.441. The molecule has 0 unspecified atom stereocenters.